The highest BCUT2D eigenvalue weighted by Gasteiger charge is 2.56. The third-order valence-electron chi connectivity index (χ3n) is 5.60. The van der Waals surface area contributed by atoms with Gasteiger partial charge in [0.05, 0.1) is 32.3 Å². The number of ketones is 2. The second kappa shape index (κ2) is 5.82. The molecular weight excluding hydrogens is 348 g/mol. The number of allylic oxidation sites excluding steroid dienone is 1. The van der Waals surface area contributed by atoms with Crippen LogP contribution in [-0.4, -0.2) is 43.6 Å². The SMILES string of the molecule is COc1c2c(c(OC)c3c(OC)cccc13)C(=O)[C@@]1(O)C=C(C)C(=O)C[C@@H]21. The molecule has 2 aliphatic carbocycles. The molecule has 27 heavy (non-hydrogen) atoms. The number of methoxy groups -OCH3 is 3. The Morgan fingerprint density at radius 2 is 1.78 bits per heavy atom. The van der Waals surface area contributed by atoms with E-state index in [9.17, 15) is 14.7 Å². The lowest BCUT2D eigenvalue weighted by Gasteiger charge is -2.30. The normalized spacial score (nSPS) is 23.7. The first-order valence-electron chi connectivity index (χ1n) is 8.63. The van der Waals surface area contributed by atoms with Crippen LogP contribution in [0.3, 0.4) is 0 Å². The Bertz CT molecular complexity index is 1030. The molecule has 0 heterocycles. The van der Waals surface area contributed by atoms with Crippen LogP contribution in [0.1, 0.15) is 35.2 Å². The number of aliphatic hydroxyl groups is 1. The average molecular weight is 368 g/mol. The summed E-state index contributed by atoms with van der Waals surface area (Å²) >= 11 is 0. The van der Waals surface area contributed by atoms with Crippen molar-refractivity contribution < 1.29 is 28.9 Å². The molecule has 4 rings (SSSR count). The number of benzene rings is 2. The predicted octanol–water partition coefficient (Wildman–Crippen LogP) is 2.80. The van der Waals surface area contributed by atoms with E-state index < -0.39 is 17.3 Å². The summed E-state index contributed by atoms with van der Waals surface area (Å²) in [5.41, 5.74) is -0.641. The fraction of sp³-hybridized carbons (Fsp3) is 0.333. The van der Waals surface area contributed by atoms with Crippen LogP contribution in [0.25, 0.3) is 10.8 Å². The monoisotopic (exact) mass is 368 g/mol. The fourth-order valence-corrected chi connectivity index (χ4v) is 4.37. The number of hydrogen-bond acceptors (Lipinski definition) is 6. The van der Waals surface area contributed by atoms with Crippen molar-refractivity contribution in [2.24, 2.45) is 0 Å². The summed E-state index contributed by atoms with van der Waals surface area (Å²) < 4.78 is 16.7. The Balaban J connectivity index is 2.18. The molecule has 140 valence electrons. The maximum absolute atomic E-state index is 13.3. The minimum atomic E-state index is -1.79. The smallest absolute Gasteiger partial charge is 0.203 e. The van der Waals surface area contributed by atoms with Gasteiger partial charge in [-0.2, -0.15) is 0 Å². The van der Waals surface area contributed by atoms with Gasteiger partial charge in [0, 0.05) is 23.3 Å². The van der Waals surface area contributed by atoms with Crippen molar-refractivity contribution in [3.63, 3.8) is 0 Å². The first-order valence-corrected chi connectivity index (χ1v) is 8.63. The molecule has 0 amide bonds. The molecule has 0 radical (unpaired) electrons. The van der Waals surface area contributed by atoms with Gasteiger partial charge in [-0.15, -0.1) is 0 Å². The third-order valence-corrected chi connectivity index (χ3v) is 5.60. The summed E-state index contributed by atoms with van der Waals surface area (Å²) in [4.78, 5) is 25.6. The van der Waals surface area contributed by atoms with Crippen LogP contribution in [0.15, 0.2) is 29.8 Å². The predicted molar refractivity (Wildman–Crippen MR) is 99.0 cm³/mol. The van der Waals surface area contributed by atoms with Crippen LogP contribution in [-0.2, 0) is 4.79 Å². The van der Waals surface area contributed by atoms with Gasteiger partial charge in [0.15, 0.2) is 11.4 Å². The van der Waals surface area contributed by atoms with Crippen molar-refractivity contribution >= 4 is 22.3 Å². The Kier molecular flexibility index (Phi) is 3.78. The summed E-state index contributed by atoms with van der Waals surface area (Å²) in [6.07, 6.45) is 1.40. The zero-order valence-electron chi connectivity index (χ0n) is 15.6. The van der Waals surface area contributed by atoms with E-state index >= 15 is 0 Å². The highest BCUT2D eigenvalue weighted by Crippen LogP contribution is 2.57. The number of carbonyl (C=O) groups excluding carboxylic acids is 2. The van der Waals surface area contributed by atoms with Gasteiger partial charge in [0.25, 0.3) is 0 Å². The third kappa shape index (κ3) is 2.10. The highest BCUT2D eigenvalue weighted by molar-refractivity contribution is 6.19. The van der Waals surface area contributed by atoms with Crippen LogP contribution >= 0.6 is 0 Å². The molecule has 2 aliphatic rings. The van der Waals surface area contributed by atoms with Gasteiger partial charge < -0.3 is 19.3 Å². The summed E-state index contributed by atoms with van der Waals surface area (Å²) in [7, 11) is 4.52. The Morgan fingerprint density at radius 1 is 1.07 bits per heavy atom. The second-order valence-electron chi connectivity index (χ2n) is 6.90. The summed E-state index contributed by atoms with van der Waals surface area (Å²) in [5, 5.41) is 12.5. The van der Waals surface area contributed by atoms with E-state index in [4.69, 9.17) is 14.2 Å². The van der Waals surface area contributed by atoms with Crippen LogP contribution in [0.4, 0.5) is 0 Å². The van der Waals surface area contributed by atoms with Crippen LogP contribution in [0.5, 0.6) is 17.2 Å². The lowest BCUT2D eigenvalue weighted by Crippen LogP contribution is -2.41. The number of ether oxygens (including phenoxy) is 3. The van der Waals surface area contributed by atoms with Crippen molar-refractivity contribution in [1.82, 2.24) is 0 Å². The quantitative estimate of drug-likeness (QED) is 0.897. The number of rotatable bonds is 3. The van der Waals surface area contributed by atoms with Crippen LogP contribution < -0.4 is 14.2 Å². The van der Waals surface area contributed by atoms with Crippen molar-refractivity contribution in [2.75, 3.05) is 21.3 Å². The van der Waals surface area contributed by atoms with Gasteiger partial charge >= 0.3 is 0 Å². The van der Waals surface area contributed by atoms with Gasteiger partial charge in [-0.1, -0.05) is 12.1 Å². The molecule has 0 aromatic heterocycles. The Morgan fingerprint density at radius 3 is 2.41 bits per heavy atom. The van der Waals surface area contributed by atoms with E-state index in [-0.39, 0.29) is 17.8 Å². The van der Waals surface area contributed by atoms with Gasteiger partial charge in [-0.3, -0.25) is 9.59 Å². The van der Waals surface area contributed by atoms with E-state index in [2.05, 4.69) is 0 Å². The maximum Gasteiger partial charge on any atom is 0.203 e. The summed E-state index contributed by atoms with van der Waals surface area (Å²) in [5.74, 6) is 0.00672. The lowest BCUT2D eigenvalue weighted by molar-refractivity contribution is -0.117. The standard InChI is InChI=1S/C21H20O6/c1-10-9-21(24)12(8-13(10)22)16-17(20(21)23)19(27-4)15-11(18(16)26-3)6-5-7-14(15)25-2/h5-7,9,12,24H,8H2,1-4H3/t12-,21+/m0/s1. The van der Waals surface area contributed by atoms with E-state index in [0.717, 1.165) is 0 Å². The number of fused-ring (bicyclic) bond motifs is 4. The largest absolute Gasteiger partial charge is 0.496 e. The topological polar surface area (TPSA) is 82.1 Å². The van der Waals surface area contributed by atoms with Crippen LogP contribution in [0.2, 0.25) is 0 Å². The lowest BCUT2D eigenvalue weighted by atomic mass is 9.76. The first kappa shape index (κ1) is 17.5. The van der Waals surface area contributed by atoms with Gasteiger partial charge in [-0.25, -0.2) is 0 Å². The van der Waals surface area contributed by atoms with Gasteiger partial charge in [0.1, 0.15) is 17.2 Å². The second-order valence-corrected chi connectivity index (χ2v) is 6.90. The minimum Gasteiger partial charge on any atom is -0.496 e. The Hall–Kier alpha value is -2.86. The van der Waals surface area contributed by atoms with E-state index in [1.807, 2.05) is 12.1 Å². The number of carbonyl (C=O) groups is 2. The minimum absolute atomic E-state index is 0.0343. The van der Waals surface area contributed by atoms with Crippen molar-refractivity contribution in [3.8, 4) is 17.2 Å². The molecule has 6 nitrogen and oxygen atoms in total. The molecule has 2 aromatic carbocycles. The van der Waals surface area contributed by atoms with Crippen molar-refractivity contribution in [3.05, 3.63) is 41.0 Å². The van der Waals surface area contributed by atoms with E-state index in [0.29, 0.717) is 39.2 Å². The molecule has 0 spiro atoms. The van der Waals surface area contributed by atoms with E-state index in [1.54, 1.807) is 13.0 Å². The molecule has 2 aromatic rings. The summed E-state index contributed by atoms with van der Waals surface area (Å²) in [6.45, 7) is 1.61. The molecule has 0 unspecified atom stereocenters. The molecule has 0 saturated carbocycles. The van der Waals surface area contributed by atoms with E-state index in [1.165, 1.54) is 27.4 Å². The maximum atomic E-state index is 13.3. The molecule has 0 bridgehead atoms. The fourth-order valence-electron chi connectivity index (χ4n) is 4.37. The Labute approximate surface area is 156 Å². The van der Waals surface area contributed by atoms with Crippen molar-refractivity contribution in [2.45, 2.75) is 24.9 Å². The average Bonchev–Trinajstić information content (AvgIpc) is 2.88. The van der Waals surface area contributed by atoms with Gasteiger partial charge in [0.2, 0.25) is 5.78 Å². The van der Waals surface area contributed by atoms with Crippen LogP contribution in [0, 0.1) is 0 Å². The molecular formula is C21H20O6. The molecule has 0 aliphatic heterocycles. The highest BCUT2D eigenvalue weighted by atomic mass is 16.5. The number of hydrogen-bond donors (Lipinski definition) is 1. The molecule has 2 atom stereocenters. The zero-order valence-corrected chi connectivity index (χ0v) is 15.6. The molecule has 0 saturated heterocycles. The molecule has 1 N–H and O–H groups in total. The van der Waals surface area contributed by atoms with Crippen molar-refractivity contribution in [1.29, 1.82) is 0 Å². The number of Topliss-reactive ketones (excluding diaryl/α,β-unsaturated/α-hetero) is 2. The molecule has 6 heteroatoms. The zero-order chi connectivity index (χ0) is 19.5. The molecule has 0 fully saturated rings. The van der Waals surface area contributed by atoms with Gasteiger partial charge in [-0.05, 0) is 24.6 Å². The first-order chi connectivity index (χ1) is 12.9. The summed E-state index contributed by atoms with van der Waals surface area (Å²) in [6, 6.07) is 5.42.